The molecule has 12 heteroatoms. The zero-order valence-corrected chi connectivity index (χ0v) is 20.8. The Labute approximate surface area is 206 Å². The predicted octanol–water partition coefficient (Wildman–Crippen LogP) is -1.56. The summed E-state index contributed by atoms with van der Waals surface area (Å²) in [7, 11) is 1.54. The first-order chi connectivity index (χ1) is 16.7. The SMILES string of the molecule is CO[C@H]1C(O)[C@@H](COC(C)C)O[C@H]1CCCNC(=O)CCCCO[C@H]1O[C@H](CO)[C@@H](O)[C@H](O)[C@@H]1O. The van der Waals surface area contributed by atoms with Crippen molar-refractivity contribution in [3.63, 3.8) is 0 Å². The van der Waals surface area contributed by atoms with Gasteiger partial charge in [0.1, 0.15) is 42.7 Å². The summed E-state index contributed by atoms with van der Waals surface area (Å²) in [4.78, 5) is 12.1. The van der Waals surface area contributed by atoms with E-state index in [1.165, 1.54) is 0 Å². The highest BCUT2D eigenvalue weighted by Crippen LogP contribution is 2.27. The molecule has 6 N–H and O–H groups in total. The second-order valence-corrected chi connectivity index (χ2v) is 9.30. The van der Waals surface area contributed by atoms with Crippen molar-refractivity contribution in [3.8, 4) is 0 Å². The molecule has 12 nitrogen and oxygen atoms in total. The Balaban J connectivity index is 1.57. The Morgan fingerprint density at radius 3 is 2.34 bits per heavy atom. The van der Waals surface area contributed by atoms with Gasteiger partial charge >= 0.3 is 0 Å². The van der Waals surface area contributed by atoms with Crippen molar-refractivity contribution in [2.75, 3.05) is 33.5 Å². The van der Waals surface area contributed by atoms with Crippen molar-refractivity contribution in [3.05, 3.63) is 0 Å². The van der Waals surface area contributed by atoms with Gasteiger partial charge in [0.25, 0.3) is 0 Å². The number of hydrogen-bond acceptors (Lipinski definition) is 11. The van der Waals surface area contributed by atoms with Crippen LogP contribution in [0, 0.1) is 0 Å². The lowest BCUT2D eigenvalue weighted by Gasteiger charge is -2.39. The molecular formula is C23H43NO11. The molecule has 0 bridgehead atoms. The highest BCUT2D eigenvalue weighted by atomic mass is 16.7. The van der Waals surface area contributed by atoms with Crippen LogP contribution in [0.15, 0.2) is 0 Å². The lowest BCUT2D eigenvalue weighted by atomic mass is 9.99. The van der Waals surface area contributed by atoms with Gasteiger partial charge in [-0.25, -0.2) is 0 Å². The summed E-state index contributed by atoms with van der Waals surface area (Å²) in [6.45, 7) is 4.27. The van der Waals surface area contributed by atoms with Crippen molar-refractivity contribution < 1.29 is 54.0 Å². The average molecular weight is 510 g/mol. The summed E-state index contributed by atoms with van der Waals surface area (Å²) in [6.07, 6.45) is -5.72. The van der Waals surface area contributed by atoms with Crippen LogP contribution in [0.25, 0.3) is 0 Å². The van der Waals surface area contributed by atoms with E-state index in [1.807, 2.05) is 13.8 Å². The zero-order valence-electron chi connectivity index (χ0n) is 20.8. The minimum absolute atomic E-state index is 0.0420. The van der Waals surface area contributed by atoms with E-state index in [9.17, 15) is 30.3 Å². The third-order valence-corrected chi connectivity index (χ3v) is 6.22. The highest BCUT2D eigenvalue weighted by Gasteiger charge is 2.44. The molecule has 0 saturated carbocycles. The van der Waals surface area contributed by atoms with Gasteiger partial charge in [-0.2, -0.15) is 0 Å². The number of nitrogens with one attached hydrogen (secondary N) is 1. The van der Waals surface area contributed by atoms with E-state index in [2.05, 4.69) is 5.32 Å². The topological polar surface area (TPSA) is 176 Å². The molecule has 0 spiro atoms. The molecule has 2 saturated heterocycles. The van der Waals surface area contributed by atoms with Gasteiger partial charge in [-0.15, -0.1) is 0 Å². The number of amides is 1. The lowest BCUT2D eigenvalue weighted by molar-refractivity contribution is -0.301. The van der Waals surface area contributed by atoms with Crippen LogP contribution in [0.5, 0.6) is 0 Å². The second kappa shape index (κ2) is 15.4. The maximum Gasteiger partial charge on any atom is 0.219 e. The number of methoxy groups -OCH3 is 1. The van der Waals surface area contributed by atoms with Crippen molar-refractivity contribution >= 4 is 5.91 Å². The molecule has 206 valence electrons. The number of ether oxygens (including phenoxy) is 5. The van der Waals surface area contributed by atoms with Crippen LogP contribution in [0.3, 0.4) is 0 Å². The Hall–Kier alpha value is -0.930. The first kappa shape index (κ1) is 30.3. The summed E-state index contributed by atoms with van der Waals surface area (Å²) >= 11 is 0. The van der Waals surface area contributed by atoms with Crippen molar-refractivity contribution in [1.82, 2.24) is 5.32 Å². The maximum atomic E-state index is 12.1. The first-order valence-corrected chi connectivity index (χ1v) is 12.4. The largest absolute Gasteiger partial charge is 0.394 e. The Bertz CT molecular complexity index is 608. The molecule has 0 aromatic carbocycles. The van der Waals surface area contributed by atoms with Gasteiger partial charge in [0.2, 0.25) is 5.91 Å². The molecule has 2 aliphatic rings. The van der Waals surface area contributed by atoms with Crippen molar-refractivity contribution in [2.24, 2.45) is 0 Å². The summed E-state index contributed by atoms with van der Waals surface area (Å²) in [6, 6.07) is 0. The molecule has 0 radical (unpaired) electrons. The van der Waals surface area contributed by atoms with Gasteiger partial charge < -0.3 is 54.5 Å². The Morgan fingerprint density at radius 2 is 1.69 bits per heavy atom. The summed E-state index contributed by atoms with van der Waals surface area (Å²) < 4.78 is 27.5. The molecule has 35 heavy (non-hydrogen) atoms. The molecule has 2 fully saturated rings. The van der Waals surface area contributed by atoms with Gasteiger partial charge in [0.15, 0.2) is 6.29 Å². The van der Waals surface area contributed by atoms with E-state index >= 15 is 0 Å². The van der Waals surface area contributed by atoms with Gasteiger partial charge in [0.05, 0.1) is 25.4 Å². The van der Waals surface area contributed by atoms with Crippen LogP contribution in [-0.2, 0) is 28.5 Å². The molecule has 1 amide bonds. The van der Waals surface area contributed by atoms with Gasteiger partial charge in [-0.3, -0.25) is 4.79 Å². The number of hydrogen-bond donors (Lipinski definition) is 6. The minimum atomic E-state index is -1.48. The van der Waals surface area contributed by atoms with Crippen LogP contribution < -0.4 is 5.32 Å². The minimum Gasteiger partial charge on any atom is -0.394 e. The predicted molar refractivity (Wildman–Crippen MR) is 122 cm³/mol. The third kappa shape index (κ3) is 9.15. The number of carbonyl (C=O) groups is 1. The van der Waals surface area contributed by atoms with Gasteiger partial charge in [-0.1, -0.05) is 0 Å². The fraction of sp³-hybridized carbons (Fsp3) is 0.957. The van der Waals surface area contributed by atoms with E-state index in [1.54, 1.807) is 7.11 Å². The molecule has 2 heterocycles. The first-order valence-electron chi connectivity index (χ1n) is 12.4. The normalized spacial score (nSPS) is 35.5. The molecule has 2 rings (SSSR count). The standard InChI is InChI=1S/C23H43NO11/c1-13(2)33-12-16-19(28)22(31-3)14(34-16)7-6-9-24-17(26)8-4-5-10-32-23-21(30)20(29)18(27)15(11-25)35-23/h13-16,18-23,25,27-30H,4-12H2,1-3H3,(H,24,26)/t14-,15+,16+,18+,19?,20-,21-,22+,23-/m0/s1. The summed E-state index contributed by atoms with van der Waals surface area (Å²) in [5, 5.41) is 51.9. The summed E-state index contributed by atoms with van der Waals surface area (Å²) in [5.74, 6) is -0.100. The number of carbonyl (C=O) groups excluding carboxylic acids is 1. The molecule has 9 atom stereocenters. The number of rotatable bonds is 15. The number of unbranched alkanes of at least 4 members (excludes halogenated alkanes) is 1. The average Bonchev–Trinajstić information content (AvgIpc) is 3.14. The van der Waals surface area contributed by atoms with Crippen molar-refractivity contribution in [2.45, 2.75) is 107 Å². The Morgan fingerprint density at radius 1 is 0.943 bits per heavy atom. The van der Waals surface area contributed by atoms with Gasteiger partial charge in [-0.05, 0) is 39.5 Å². The fourth-order valence-corrected chi connectivity index (χ4v) is 4.17. The zero-order chi connectivity index (χ0) is 26.0. The van der Waals surface area contributed by atoms with Crippen LogP contribution in [-0.4, -0.2) is 126 Å². The van der Waals surface area contributed by atoms with E-state index in [0.717, 1.165) is 0 Å². The van der Waals surface area contributed by atoms with E-state index in [4.69, 9.17) is 23.7 Å². The van der Waals surface area contributed by atoms with Crippen LogP contribution in [0.4, 0.5) is 0 Å². The molecule has 0 aromatic heterocycles. The van der Waals surface area contributed by atoms with E-state index < -0.39 is 55.6 Å². The summed E-state index contributed by atoms with van der Waals surface area (Å²) in [5.41, 5.74) is 0. The number of aliphatic hydroxyl groups excluding tert-OH is 5. The van der Waals surface area contributed by atoms with Gasteiger partial charge in [0, 0.05) is 26.7 Å². The quantitative estimate of drug-likeness (QED) is 0.141. The molecule has 2 aliphatic heterocycles. The molecule has 0 aliphatic carbocycles. The highest BCUT2D eigenvalue weighted by molar-refractivity contribution is 5.75. The molecule has 0 aromatic rings. The Kier molecular flexibility index (Phi) is 13.3. The number of aliphatic hydroxyl groups is 5. The lowest BCUT2D eigenvalue weighted by Crippen LogP contribution is -2.59. The third-order valence-electron chi connectivity index (χ3n) is 6.22. The van der Waals surface area contributed by atoms with Crippen LogP contribution in [0.1, 0.15) is 46.0 Å². The van der Waals surface area contributed by atoms with Crippen LogP contribution in [0.2, 0.25) is 0 Å². The second-order valence-electron chi connectivity index (χ2n) is 9.30. The van der Waals surface area contributed by atoms with Crippen molar-refractivity contribution in [1.29, 1.82) is 0 Å². The smallest absolute Gasteiger partial charge is 0.219 e. The van der Waals surface area contributed by atoms with E-state index in [0.29, 0.717) is 45.3 Å². The van der Waals surface area contributed by atoms with Crippen LogP contribution >= 0.6 is 0 Å². The molecule has 1 unspecified atom stereocenters. The fourth-order valence-electron chi connectivity index (χ4n) is 4.17. The monoisotopic (exact) mass is 509 g/mol. The molecular weight excluding hydrogens is 466 g/mol. The maximum absolute atomic E-state index is 12.1. The van der Waals surface area contributed by atoms with E-state index in [-0.39, 0.29) is 24.7 Å².